The quantitative estimate of drug-likeness (QED) is 0.190. The van der Waals surface area contributed by atoms with Crippen LogP contribution in [0.3, 0.4) is 0 Å². The molecule has 0 bridgehead atoms. The standard InChI is InChI=1S/C34H33F3O2S/c1-2-39-33(38)27-20-26-19-25(22-13-16-28(17-14-22)34(35,36)37)15-18-29(26)31(21-27)24-11-9-23(10-12-24)30-7-5-3-4-6-8-32(30)40/h3-4,9,11-21,23,30,32,40H,2,5-8,10H2,1H3. The number of esters is 1. The summed E-state index contributed by atoms with van der Waals surface area (Å²) in [5, 5.41) is 2.17. The average molecular weight is 563 g/mol. The smallest absolute Gasteiger partial charge is 0.416 e. The second-order valence-electron chi connectivity index (χ2n) is 10.5. The van der Waals surface area contributed by atoms with Crippen molar-refractivity contribution in [3.63, 3.8) is 0 Å². The SMILES string of the molecule is CCOC(=O)c1cc(C2=CCC(C3CCC=CCCC3S)C=C2)c2ccc(-c3ccc(C(F)(F)F)cc3)cc2c1. The van der Waals surface area contributed by atoms with E-state index < -0.39 is 17.7 Å². The predicted molar refractivity (Wildman–Crippen MR) is 159 cm³/mol. The fourth-order valence-corrected chi connectivity index (χ4v) is 6.34. The first-order valence-corrected chi connectivity index (χ1v) is 14.4. The molecule has 0 saturated carbocycles. The number of hydrogen-bond donors (Lipinski definition) is 1. The lowest BCUT2D eigenvalue weighted by Gasteiger charge is -2.31. The highest BCUT2D eigenvalue weighted by atomic mass is 32.1. The molecule has 2 aliphatic rings. The molecule has 2 nitrogen and oxygen atoms in total. The molecule has 3 atom stereocenters. The minimum Gasteiger partial charge on any atom is -0.462 e. The molecule has 208 valence electrons. The second kappa shape index (κ2) is 12.1. The van der Waals surface area contributed by atoms with Crippen LogP contribution in [-0.2, 0) is 10.9 Å². The number of thiol groups is 1. The fourth-order valence-electron chi connectivity index (χ4n) is 5.82. The zero-order valence-corrected chi connectivity index (χ0v) is 23.3. The summed E-state index contributed by atoms with van der Waals surface area (Å²) >= 11 is 4.94. The summed E-state index contributed by atoms with van der Waals surface area (Å²) in [6.45, 7) is 2.04. The number of hydrogen-bond acceptors (Lipinski definition) is 3. The lowest BCUT2D eigenvalue weighted by Crippen LogP contribution is -2.24. The molecule has 0 heterocycles. The first-order valence-electron chi connectivity index (χ1n) is 13.9. The fraction of sp³-hybridized carbons (Fsp3) is 0.324. The molecule has 6 heteroatoms. The maximum Gasteiger partial charge on any atom is 0.416 e. The van der Waals surface area contributed by atoms with Gasteiger partial charge in [0.05, 0.1) is 17.7 Å². The van der Waals surface area contributed by atoms with Gasteiger partial charge >= 0.3 is 12.1 Å². The molecule has 0 aliphatic heterocycles. The lowest BCUT2D eigenvalue weighted by atomic mass is 9.78. The zero-order valence-electron chi connectivity index (χ0n) is 22.5. The van der Waals surface area contributed by atoms with Gasteiger partial charge in [-0.05, 0) is 114 Å². The number of rotatable bonds is 5. The van der Waals surface area contributed by atoms with Gasteiger partial charge in [0.2, 0.25) is 0 Å². The van der Waals surface area contributed by atoms with E-state index >= 15 is 0 Å². The molecule has 0 saturated heterocycles. The lowest BCUT2D eigenvalue weighted by molar-refractivity contribution is -0.137. The van der Waals surface area contributed by atoms with Crippen LogP contribution < -0.4 is 0 Å². The third-order valence-corrected chi connectivity index (χ3v) is 8.60. The van der Waals surface area contributed by atoms with Crippen LogP contribution in [0.15, 0.2) is 85.0 Å². The van der Waals surface area contributed by atoms with E-state index in [2.05, 4.69) is 30.4 Å². The summed E-state index contributed by atoms with van der Waals surface area (Å²) in [7, 11) is 0. The normalized spacial score (nSPS) is 21.5. The van der Waals surface area contributed by atoms with Crippen LogP contribution >= 0.6 is 12.6 Å². The van der Waals surface area contributed by atoms with Crippen LogP contribution in [0.1, 0.15) is 60.5 Å². The van der Waals surface area contributed by atoms with Gasteiger partial charge in [-0.25, -0.2) is 4.79 Å². The van der Waals surface area contributed by atoms with Gasteiger partial charge in [0.15, 0.2) is 0 Å². The molecular formula is C34H33F3O2S. The summed E-state index contributed by atoms with van der Waals surface area (Å²) in [6, 6.07) is 14.7. The highest BCUT2D eigenvalue weighted by Crippen LogP contribution is 2.39. The second-order valence-corrected chi connectivity index (χ2v) is 11.2. The molecule has 0 N–H and O–H groups in total. The van der Waals surface area contributed by atoms with Crippen molar-refractivity contribution >= 4 is 34.9 Å². The summed E-state index contributed by atoms with van der Waals surface area (Å²) in [5.74, 6) is 0.532. The Balaban J connectivity index is 1.49. The predicted octanol–water partition coefficient (Wildman–Crippen LogP) is 9.71. The molecule has 0 spiro atoms. The van der Waals surface area contributed by atoms with Crippen LogP contribution in [0.2, 0.25) is 0 Å². The van der Waals surface area contributed by atoms with E-state index in [0.29, 0.717) is 28.2 Å². The topological polar surface area (TPSA) is 26.3 Å². The molecule has 2 aliphatic carbocycles. The number of fused-ring (bicyclic) bond motifs is 1. The van der Waals surface area contributed by atoms with Gasteiger partial charge in [-0.15, -0.1) is 0 Å². The van der Waals surface area contributed by atoms with Crippen LogP contribution in [0.4, 0.5) is 13.2 Å². The number of benzene rings is 3. The van der Waals surface area contributed by atoms with Crippen molar-refractivity contribution in [1.82, 2.24) is 0 Å². The first kappa shape index (κ1) is 28.3. The van der Waals surface area contributed by atoms with Crippen molar-refractivity contribution in [3.05, 3.63) is 102 Å². The Hall–Kier alpha value is -3.25. The van der Waals surface area contributed by atoms with Crippen molar-refractivity contribution in [1.29, 1.82) is 0 Å². The minimum atomic E-state index is -4.38. The average Bonchev–Trinajstić information content (AvgIpc) is 2.94. The Bertz CT molecular complexity index is 1470. The molecule has 3 aromatic rings. The minimum absolute atomic E-state index is 0.267. The summed E-state index contributed by atoms with van der Waals surface area (Å²) in [5.41, 5.74) is 3.21. The van der Waals surface area contributed by atoms with E-state index in [1.807, 2.05) is 24.3 Å². The van der Waals surface area contributed by atoms with Gasteiger partial charge in [0, 0.05) is 5.25 Å². The monoisotopic (exact) mass is 562 g/mol. The van der Waals surface area contributed by atoms with E-state index in [0.717, 1.165) is 71.7 Å². The van der Waals surface area contributed by atoms with E-state index in [4.69, 9.17) is 17.4 Å². The van der Waals surface area contributed by atoms with Gasteiger partial charge < -0.3 is 4.74 Å². The van der Waals surface area contributed by atoms with Crippen molar-refractivity contribution in [3.8, 4) is 11.1 Å². The van der Waals surface area contributed by atoms with E-state index in [-0.39, 0.29) is 6.61 Å². The van der Waals surface area contributed by atoms with E-state index in [1.165, 1.54) is 12.1 Å². The molecule has 40 heavy (non-hydrogen) atoms. The molecule has 3 aromatic carbocycles. The van der Waals surface area contributed by atoms with Gasteiger partial charge in [0.1, 0.15) is 0 Å². The molecular weight excluding hydrogens is 529 g/mol. The van der Waals surface area contributed by atoms with Gasteiger partial charge in [-0.2, -0.15) is 25.8 Å². The van der Waals surface area contributed by atoms with Crippen molar-refractivity contribution in [2.45, 2.75) is 50.5 Å². The van der Waals surface area contributed by atoms with Crippen molar-refractivity contribution < 1.29 is 22.7 Å². The number of halogens is 3. The summed E-state index contributed by atoms with van der Waals surface area (Å²) in [6.07, 6.45) is 12.1. The van der Waals surface area contributed by atoms with Gasteiger partial charge in [0.25, 0.3) is 0 Å². The Morgan fingerprint density at radius 3 is 2.38 bits per heavy atom. The Kier molecular flexibility index (Phi) is 8.55. The van der Waals surface area contributed by atoms with Crippen LogP contribution in [0.25, 0.3) is 27.5 Å². The Morgan fingerprint density at radius 2 is 1.70 bits per heavy atom. The highest BCUT2D eigenvalue weighted by Gasteiger charge is 2.30. The molecule has 3 unspecified atom stereocenters. The molecule has 0 radical (unpaired) electrons. The third-order valence-electron chi connectivity index (χ3n) is 7.96. The van der Waals surface area contributed by atoms with Crippen LogP contribution in [0, 0.1) is 11.8 Å². The Labute approximate surface area is 239 Å². The van der Waals surface area contributed by atoms with Crippen LogP contribution in [-0.4, -0.2) is 17.8 Å². The molecule has 0 aromatic heterocycles. The van der Waals surface area contributed by atoms with Gasteiger partial charge in [-0.3, -0.25) is 0 Å². The molecule has 5 rings (SSSR count). The maximum atomic E-state index is 13.1. The number of ether oxygens (including phenoxy) is 1. The van der Waals surface area contributed by atoms with Crippen LogP contribution in [0.5, 0.6) is 0 Å². The van der Waals surface area contributed by atoms with E-state index in [9.17, 15) is 18.0 Å². The number of allylic oxidation sites excluding steroid dienone is 6. The number of alkyl halides is 3. The Morgan fingerprint density at radius 1 is 0.975 bits per heavy atom. The molecule has 0 fully saturated rings. The van der Waals surface area contributed by atoms with Gasteiger partial charge in [-0.1, -0.05) is 54.6 Å². The summed E-state index contributed by atoms with van der Waals surface area (Å²) < 4.78 is 44.5. The molecule has 0 amide bonds. The number of carbonyl (C=O) groups is 1. The summed E-state index contributed by atoms with van der Waals surface area (Å²) in [4.78, 5) is 12.8. The number of carbonyl (C=O) groups excluding carboxylic acids is 1. The third kappa shape index (κ3) is 6.22. The first-order chi connectivity index (χ1) is 19.2. The zero-order chi connectivity index (χ0) is 28.3. The maximum absolute atomic E-state index is 13.1. The van der Waals surface area contributed by atoms with Crippen molar-refractivity contribution in [2.24, 2.45) is 11.8 Å². The highest BCUT2D eigenvalue weighted by molar-refractivity contribution is 7.81. The van der Waals surface area contributed by atoms with Crippen molar-refractivity contribution in [2.75, 3.05) is 6.61 Å². The van der Waals surface area contributed by atoms with E-state index in [1.54, 1.807) is 13.0 Å². The largest absolute Gasteiger partial charge is 0.462 e.